The maximum Gasteiger partial charge on any atom is 0.303 e. The Morgan fingerprint density at radius 1 is 1.22 bits per heavy atom. The van der Waals surface area contributed by atoms with Crippen molar-refractivity contribution in [2.75, 3.05) is 44.7 Å². The molecule has 0 aromatic heterocycles. The van der Waals surface area contributed by atoms with Crippen LogP contribution in [0.25, 0.3) is 0 Å². The zero-order valence-corrected chi connectivity index (χ0v) is 16.2. The van der Waals surface area contributed by atoms with Crippen LogP contribution in [0.5, 0.6) is 0 Å². The first-order chi connectivity index (χ1) is 12.9. The lowest BCUT2D eigenvalue weighted by atomic mass is 9.84. The van der Waals surface area contributed by atoms with Crippen molar-refractivity contribution in [3.05, 3.63) is 29.8 Å². The van der Waals surface area contributed by atoms with Crippen LogP contribution >= 0.6 is 0 Å². The van der Waals surface area contributed by atoms with E-state index in [4.69, 9.17) is 4.74 Å². The topological polar surface area (TPSA) is 70.2 Å². The van der Waals surface area contributed by atoms with E-state index in [1.165, 1.54) is 6.92 Å². The van der Waals surface area contributed by atoms with Gasteiger partial charge in [0.1, 0.15) is 0 Å². The molecule has 7 heteroatoms. The third-order valence-electron chi connectivity index (χ3n) is 5.43. The van der Waals surface area contributed by atoms with Crippen molar-refractivity contribution in [3.8, 4) is 0 Å². The summed E-state index contributed by atoms with van der Waals surface area (Å²) in [5.74, 6) is -0.584. The Morgan fingerprint density at radius 2 is 1.96 bits per heavy atom. The molecular weight excluding hydrogens is 346 g/mol. The molecule has 0 saturated carbocycles. The van der Waals surface area contributed by atoms with Gasteiger partial charge in [-0.05, 0) is 18.6 Å². The fourth-order valence-corrected chi connectivity index (χ4v) is 4.20. The molecular formula is C20H27N3O4. The van der Waals surface area contributed by atoms with Crippen LogP contribution in [0.3, 0.4) is 0 Å². The predicted octanol–water partition coefficient (Wildman–Crippen LogP) is 1.44. The zero-order chi connectivity index (χ0) is 19.6. The molecule has 2 heterocycles. The van der Waals surface area contributed by atoms with E-state index in [0.717, 1.165) is 17.8 Å². The molecule has 27 heavy (non-hydrogen) atoms. The summed E-state index contributed by atoms with van der Waals surface area (Å²) in [5.41, 5.74) is 2.18. The van der Waals surface area contributed by atoms with Gasteiger partial charge in [-0.3, -0.25) is 14.4 Å². The van der Waals surface area contributed by atoms with Gasteiger partial charge in [0.15, 0.2) is 6.61 Å². The fraction of sp³-hybridized carbons (Fsp3) is 0.550. The molecule has 146 valence electrons. The minimum Gasteiger partial charge on any atom is -0.456 e. The number of ether oxygens (including phenoxy) is 1. The van der Waals surface area contributed by atoms with Crippen LogP contribution in [-0.4, -0.2) is 67.4 Å². The van der Waals surface area contributed by atoms with Gasteiger partial charge in [0.25, 0.3) is 5.91 Å². The van der Waals surface area contributed by atoms with Gasteiger partial charge in [-0.1, -0.05) is 18.2 Å². The molecule has 7 nitrogen and oxygen atoms in total. The number of carbonyl (C=O) groups excluding carboxylic acids is 3. The van der Waals surface area contributed by atoms with Crippen molar-refractivity contribution in [1.29, 1.82) is 0 Å². The highest BCUT2D eigenvalue weighted by Crippen LogP contribution is 2.41. The van der Waals surface area contributed by atoms with E-state index in [2.05, 4.69) is 17.0 Å². The van der Waals surface area contributed by atoms with E-state index in [1.54, 1.807) is 4.90 Å². The maximum atomic E-state index is 12.9. The average Bonchev–Trinajstić information content (AvgIpc) is 2.64. The van der Waals surface area contributed by atoms with Gasteiger partial charge in [0.05, 0.1) is 6.04 Å². The Morgan fingerprint density at radius 3 is 2.67 bits per heavy atom. The molecule has 1 fully saturated rings. The van der Waals surface area contributed by atoms with Crippen LogP contribution in [0.2, 0.25) is 0 Å². The highest BCUT2D eigenvalue weighted by atomic mass is 16.5. The van der Waals surface area contributed by atoms with Gasteiger partial charge in [-0.2, -0.15) is 0 Å². The minimum atomic E-state index is -0.482. The van der Waals surface area contributed by atoms with Crippen molar-refractivity contribution in [2.45, 2.75) is 26.3 Å². The summed E-state index contributed by atoms with van der Waals surface area (Å²) in [4.78, 5) is 42.4. The van der Waals surface area contributed by atoms with Crippen molar-refractivity contribution < 1.29 is 19.1 Å². The SMILES string of the molecule is CCN1C[C@H]2CN(C)c3ccccc3[C@@H]2N(C(=O)COC(C)=O)CCC1=O. The molecule has 1 aromatic carbocycles. The monoisotopic (exact) mass is 373 g/mol. The first-order valence-electron chi connectivity index (χ1n) is 9.43. The van der Waals surface area contributed by atoms with E-state index in [1.807, 2.05) is 31.0 Å². The van der Waals surface area contributed by atoms with Crippen LogP contribution < -0.4 is 4.90 Å². The number of amides is 2. The third-order valence-corrected chi connectivity index (χ3v) is 5.43. The Kier molecular flexibility index (Phi) is 5.68. The summed E-state index contributed by atoms with van der Waals surface area (Å²) in [6, 6.07) is 7.94. The Labute approximate surface area is 159 Å². The quantitative estimate of drug-likeness (QED) is 0.750. The first-order valence-corrected chi connectivity index (χ1v) is 9.43. The lowest BCUT2D eigenvalue weighted by Gasteiger charge is -2.47. The summed E-state index contributed by atoms with van der Waals surface area (Å²) in [5, 5.41) is 0. The number of anilines is 1. The second-order valence-corrected chi connectivity index (χ2v) is 7.19. The molecule has 0 spiro atoms. The molecule has 2 amide bonds. The van der Waals surface area contributed by atoms with Crippen molar-refractivity contribution in [1.82, 2.24) is 9.80 Å². The molecule has 0 unspecified atom stereocenters. The largest absolute Gasteiger partial charge is 0.456 e. The van der Waals surface area contributed by atoms with Crippen LogP contribution in [-0.2, 0) is 19.1 Å². The maximum absolute atomic E-state index is 12.9. The molecule has 2 aliphatic rings. The second-order valence-electron chi connectivity index (χ2n) is 7.19. The summed E-state index contributed by atoms with van der Waals surface area (Å²) >= 11 is 0. The number of hydrogen-bond donors (Lipinski definition) is 0. The lowest BCUT2D eigenvalue weighted by Crippen LogP contribution is -2.53. The highest BCUT2D eigenvalue weighted by molar-refractivity contribution is 5.83. The number of nitrogens with zero attached hydrogens (tertiary/aromatic N) is 3. The normalized spacial score (nSPS) is 22.5. The summed E-state index contributed by atoms with van der Waals surface area (Å²) in [6.45, 7) is 5.33. The van der Waals surface area contributed by atoms with Crippen molar-refractivity contribution in [2.24, 2.45) is 5.92 Å². The van der Waals surface area contributed by atoms with Gasteiger partial charge in [0, 0.05) is 58.2 Å². The lowest BCUT2D eigenvalue weighted by molar-refractivity contribution is -0.153. The number of fused-ring (bicyclic) bond motifs is 3. The van der Waals surface area contributed by atoms with E-state index in [-0.39, 0.29) is 36.8 Å². The molecule has 0 bridgehead atoms. The van der Waals surface area contributed by atoms with E-state index >= 15 is 0 Å². The number of rotatable bonds is 3. The van der Waals surface area contributed by atoms with Gasteiger partial charge in [-0.25, -0.2) is 0 Å². The third kappa shape index (κ3) is 3.91. The first kappa shape index (κ1) is 19.2. The van der Waals surface area contributed by atoms with Crippen LogP contribution in [0, 0.1) is 5.92 Å². The Balaban J connectivity index is 1.99. The molecule has 2 aliphatic heterocycles. The average molecular weight is 373 g/mol. The van der Waals surface area contributed by atoms with E-state index < -0.39 is 5.97 Å². The number of hydrogen-bond acceptors (Lipinski definition) is 5. The van der Waals surface area contributed by atoms with Gasteiger partial charge in [-0.15, -0.1) is 0 Å². The van der Waals surface area contributed by atoms with Crippen molar-refractivity contribution in [3.63, 3.8) is 0 Å². The van der Waals surface area contributed by atoms with E-state index in [0.29, 0.717) is 19.6 Å². The van der Waals surface area contributed by atoms with E-state index in [9.17, 15) is 14.4 Å². The molecule has 1 aromatic rings. The predicted molar refractivity (Wildman–Crippen MR) is 101 cm³/mol. The molecule has 3 rings (SSSR count). The summed E-state index contributed by atoms with van der Waals surface area (Å²) in [7, 11) is 2.04. The number of esters is 1. The van der Waals surface area contributed by atoms with Gasteiger partial charge >= 0.3 is 5.97 Å². The summed E-state index contributed by atoms with van der Waals surface area (Å²) in [6.07, 6.45) is 0.279. The minimum absolute atomic E-state index is 0.0581. The summed E-state index contributed by atoms with van der Waals surface area (Å²) < 4.78 is 4.95. The molecule has 0 aliphatic carbocycles. The molecule has 0 radical (unpaired) electrons. The van der Waals surface area contributed by atoms with Gasteiger partial charge in [0.2, 0.25) is 5.91 Å². The zero-order valence-electron chi connectivity index (χ0n) is 16.2. The second kappa shape index (κ2) is 7.98. The highest BCUT2D eigenvalue weighted by Gasteiger charge is 2.41. The van der Waals surface area contributed by atoms with Crippen molar-refractivity contribution >= 4 is 23.5 Å². The Bertz CT molecular complexity index is 736. The van der Waals surface area contributed by atoms with Gasteiger partial charge < -0.3 is 19.4 Å². The van der Waals surface area contributed by atoms with Crippen LogP contribution in [0.4, 0.5) is 5.69 Å². The van der Waals surface area contributed by atoms with Crippen LogP contribution in [0.15, 0.2) is 24.3 Å². The fourth-order valence-electron chi connectivity index (χ4n) is 4.20. The number of benzene rings is 1. The smallest absolute Gasteiger partial charge is 0.303 e. The molecule has 0 N–H and O–H groups in total. The molecule has 2 atom stereocenters. The standard InChI is InChI=1S/C20H27N3O4/c1-4-22-12-15-11-21(3)17-8-6-5-7-16(17)20(15)23(10-9-18(22)25)19(26)13-27-14(2)24/h5-8,15,20H,4,9-13H2,1-3H3/t15-,20-/m1/s1. The number of para-hydroxylation sites is 1. The Hall–Kier alpha value is -2.57. The van der Waals surface area contributed by atoms with Crippen LogP contribution in [0.1, 0.15) is 31.9 Å². The molecule has 1 saturated heterocycles. The number of carbonyl (C=O) groups is 3.